The van der Waals surface area contributed by atoms with Gasteiger partial charge in [-0.2, -0.15) is 0 Å². The molecule has 2 N–H and O–H groups in total. The fourth-order valence-electron chi connectivity index (χ4n) is 1.97. The van der Waals surface area contributed by atoms with Crippen LogP contribution in [-0.4, -0.2) is 34.5 Å². The molecule has 9 heteroatoms. The van der Waals surface area contributed by atoms with Gasteiger partial charge in [-0.15, -0.1) is 5.06 Å². The molecule has 0 atom stereocenters. The summed E-state index contributed by atoms with van der Waals surface area (Å²) in [6, 6.07) is 5.53. The molecule has 1 aromatic rings. The second-order valence-electron chi connectivity index (χ2n) is 6.36. The van der Waals surface area contributed by atoms with Crippen LogP contribution >= 0.6 is 0 Å². The molecular formula is C16H19N3O6. The van der Waals surface area contributed by atoms with Crippen molar-refractivity contribution >= 4 is 29.6 Å². The van der Waals surface area contributed by atoms with Gasteiger partial charge in [0.15, 0.2) is 0 Å². The van der Waals surface area contributed by atoms with Gasteiger partial charge in [0.1, 0.15) is 5.60 Å². The second-order valence-corrected chi connectivity index (χ2v) is 6.36. The minimum absolute atomic E-state index is 0.0169. The lowest BCUT2D eigenvalue weighted by Gasteiger charge is -2.24. The molecule has 0 saturated carbocycles. The van der Waals surface area contributed by atoms with Gasteiger partial charge >= 0.3 is 12.1 Å². The van der Waals surface area contributed by atoms with Crippen molar-refractivity contribution in [3.8, 4) is 0 Å². The van der Waals surface area contributed by atoms with Gasteiger partial charge in [-0.3, -0.25) is 9.59 Å². The number of hydroxylamine groups is 2. The van der Waals surface area contributed by atoms with Crippen LogP contribution in [0, 0.1) is 0 Å². The second kappa shape index (κ2) is 6.89. The summed E-state index contributed by atoms with van der Waals surface area (Å²) >= 11 is 0. The van der Waals surface area contributed by atoms with Crippen molar-refractivity contribution in [1.82, 2.24) is 5.06 Å². The largest absolute Gasteiger partial charge is 0.442 e. The average Bonchev–Trinajstić information content (AvgIpc) is 2.84. The zero-order valence-corrected chi connectivity index (χ0v) is 14.1. The molecule has 0 aromatic heterocycles. The molecule has 25 heavy (non-hydrogen) atoms. The van der Waals surface area contributed by atoms with Crippen LogP contribution in [0.2, 0.25) is 0 Å². The molecule has 1 aliphatic rings. The highest BCUT2D eigenvalue weighted by atomic mass is 16.7. The van der Waals surface area contributed by atoms with Crippen LogP contribution in [0.15, 0.2) is 24.3 Å². The smallest absolute Gasteiger partial charge is 0.429 e. The van der Waals surface area contributed by atoms with Crippen molar-refractivity contribution < 1.29 is 28.8 Å². The van der Waals surface area contributed by atoms with Gasteiger partial charge in [-0.05, 0) is 45.0 Å². The van der Waals surface area contributed by atoms with Gasteiger partial charge in [-0.25, -0.2) is 20.4 Å². The van der Waals surface area contributed by atoms with E-state index in [1.54, 1.807) is 20.8 Å². The first-order valence-electron chi connectivity index (χ1n) is 7.54. The molecule has 2 rings (SSSR count). The van der Waals surface area contributed by atoms with Crippen molar-refractivity contribution in [3.63, 3.8) is 0 Å². The van der Waals surface area contributed by atoms with E-state index in [0.29, 0.717) is 10.8 Å². The minimum Gasteiger partial charge on any atom is -0.442 e. The van der Waals surface area contributed by atoms with Crippen LogP contribution in [-0.2, 0) is 19.2 Å². The maximum absolute atomic E-state index is 12.0. The molecule has 0 unspecified atom stereocenters. The van der Waals surface area contributed by atoms with Gasteiger partial charge in [0.25, 0.3) is 11.8 Å². The average molecular weight is 349 g/mol. The Kier molecular flexibility index (Phi) is 5.07. The van der Waals surface area contributed by atoms with Crippen LogP contribution in [0.5, 0.6) is 0 Å². The summed E-state index contributed by atoms with van der Waals surface area (Å²) in [5.74, 6) is 3.70. The number of amides is 3. The molecule has 0 radical (unpaired) electrons. The van der Waals surface area contributed by atoms with Crippen LogP contribution in [0.25, 0.3) is 0 Å². The van der Waals surface area contributed by atoms with Crippen LogP contribution in [0.1, 0.15) is 44.0 Å². The van der Waals surface area contributed by atoms with Crippen LogP contribution in [0.4, 0.5) is 10.5 Å². The summed E-state index contributed by atoms with van der Waals surface area (Å²) in [7, 11) is 0. The number of nitrogens with two attached hydrogens (primary N) is 1. The number of carbonyl (C=O) groups is 4. The van der Waals surface area contributed by atoms with E-state index in [0.717, 1.165) is 5.01 Å². The van der Waals surface area contributed by atoms with Crippen molar-refractivity contribution in [2.45, 2.75) is 39.2 Å². The maximum atomic E-state index is 12.0. The molecule has 9 nitrogen and oxygen atoms in total. The van der Waals surface area contributed by atoms with Crippen molar-refractivity contribution in [2.75, 3.05) is 5.01 Å². The van der Waals surface area contributed by atoms with E-state index in [1.165, 1.54) is 24.3 Å². The fourth-order valence-corrected chi connectivity index (χ4v) is 1.97. The lowest BCUT2D eigenvalue weighted by atomic mass is 10.2. The quantitative estimate of drug-likeness (QED) is 0.380. The normalized spacial score (nSPS) is 14.5. The Bertz CT molecular complexity index is 692. The maximum Gasteiger partial charge on any atom is 0.429 e. The van der Waals surface area contributed by atoms with Crippen molar-refractivity contribution in [2.24, 2.45) is 5.84 Å². The van der Waals surface area contributed by atoms with E-state index in [2.05, 4.69) is 0 Å². The Morgan fingerprint density at radius 2 is 1.60 bits per heavy atom. The molecule has 1 aliphatic heterocycles. The highest BCUT2D eigenvalue weighted by Gasteiger charge is 2.33. The highest BCUT2D eigenvalue weighted by Crippen LogP contribution is 2.18. The van der Waals surface area contributed by atoms with E-state index in [-0.39, 0.29) is 18.4 Å². The first-order valence-corrected chi connectivity index (χ1v) is 7.54. The van der Waals surface area contributed by atoms with Gasteiger partial charge in [-0.1, -0.05) is 0 Å². The Hall–Kier alpha value is -2.94. The van der Waals surface area contributed by atoms with Crippen LogP contribution < -0.4 is 10.9 Å². The molecule has 0 aliphatic carbocycles. The van der Waals surface area contributed by atoms with Crippen molar-refractivity contribution in [1.29, 1.82) is 0 Å². The third kappa shape index (κ3) is 4.54. The Balaban J connectivity index is 2.04. The Morgan fingerprint density at radius 1 is 1.08 bits per heavy atom. The zero-order valence-electron chi connectivity index (χ0n) is 14.1. The third-order valence-electron chi connectivity index (χ3n) is 3.15. The number of hydrazine groups is 1. The summed E-state index contributed by atoms with van der Waals surface area (Å²) in [4.78, 5) is 51.5. The SMILES string of the molecule is CC(C)(C)OC(=O)N(N)c1ccc(C(=O)ON2C(=O)CCC2=O)cc1. The topological polar surface area (TPSA) is 119 Å². The molecule has 1 fully saturated rings. The number of rotatable bonds is 3. The Morgan fingerprint density at radius 3 is 2.08 bits per heavy atom. The summed E-state index contributed by atoms with van der Waals surface area (Å²) in [6.07, 6.45) is -0.720. The number of carbonyl (C=O) groups excluding carboxylic acids is 4. The predicted octanol–water partition coefficient (Wildman–Crippen LogP) is 1.52. The van der Waals surface area contributed by atoms with Gasteiger partial charge < -0.3 is 9.57 Å². The number of hydrogen-bond acceptors (Lipinski definition) is 7. The van der Waals surface area contributed by atoms with E-state index in [1.807, 2.05) is 0 Å². The monoisotopic (exact) mass is 349 g/mol. The fraction of sp³-hybridized carbons (Fsp3) is 0.375. The lowest BCUT2D eigenvalue weighted by Crippen LogP contribution is -2.41. The van der Waals surface area contributed by atoms with Gasteiger partial charge in [0.2, 0.25) is 0 Å². The molecule has 1 aromatic carbocycles. The van der Waals surface area contributed by atoms with Crippen LogP contribution in [0.3, 0.4) is 0 Å². The summed E-state index contributed by atoms with van der Waals surface area (Å²) in [5.41, 5.74) is -0.319. The highest BCUT2D eigenvalue weighted by molar-refractivity contribution is 6.02. The van der Waals surface area contributed by atoms with E-state index in [4.69, 9.17) is 15.4 Å². The summed E-state index contributed by atoms with van der Waals surface area (Å²) in [6.45, 7) is 5.12. The van der Waals surface area contributed by atoms with E-state index < -0.39 is 29.5 Å². The minimum atomic E-state index is -0.865. The summed E-state index contributed by atoms with van der Waals surface area (Å²) < 4.78 is 5.13. The number of imide groups is 1. The molecule has 1 saturated heterocycles. The predicted molar refractivity (Wildman–Crippen MR) is 85.8 cm³/mol. The zero-order chi connectivity index (χ0) is 18.8. The molecule has 134 valence electrons. The summed E-state index contributed by atoms with van der Waals surface area (Å²) in [5, 5.41) is 1.26. The van der Waals surface area contributed by atoms with Gasteiger partial charge in [0.05, 0.1) is 11.3 Å². The number of benzene rings is 1. The number of nitrogens with zero attached hydrogens (tertiary/aromatic N) is 2. The molecule has 3 amide bonds. The molecule has 0 spiro atoms. The molecular weight excluding hydrogens is 330 g/mol. The van der Waals surface area contributed by atoms with E-state index >= 15 is 0 Å². The number of anilines is 1. The number of hydrogen-bond donors (Lipinski definition) is 1. The van der Waals surface area contributed by atoms with Crippen molar-refractivity contribution in [3.05, 3.63) is 29.8 Å². The van der Waals surface area contributed by atoms with Gasteiger partial charge in [0, 0.05) is 12.8 Å². The third-order valence-corrected chi connectivity index (χ3v) is 3.15. The first kappa shape index (κ1) is 18.4. The first-order chi connectivity index (χ1) is 11.6. The Labute approximate surface area is 144 Å². The molecule has 0 bridgehead atoms. The number of ether oxygens (including phenoxy) is 1. The molecule has 1 heterocycles. The van der Waals surface area contributed by atoms with E-state index in [9.17, 15) is 19.2 Å². The lowest BCUT2D eigenvalue weighted by molar-refractivity contribution is -0.172. The standard InChI is InChI=1S/C16H19N3O6/c1-16(2,3)24-15(23)18(17)11-6-4-10(5-7-11)14(22)25-19-12(20)8-9-13(19)21/h4-7H,8-9,17H2,1-3H3.